The molecule has 3 heteroatoms. The first-order valence-corrected chi connectivity index (χ1v) is 4.41. The minimum Gasteiger partial charge on any atom is -0.411 e. The van der Waals surface area contributed by atoms with Crippen molar-refractivity contribution in [1.82, 2.24) is 0 Å². The molecule has 1 aromatic rings. The van der Waals surface area contributed by atoms with E-state index in [1.54, 1.807) is 11.8 Å². The molecule has 1 rings (SSSR count). The fourth-order valence-electron chi connectivity index (χ4n) is 0.757. The minimum absolute atomic E-state index is 0.908. The summed E-state index contributed by atoms with van der Waals surface area (Å²) in [5.74, 6) is 0. The zero-order valence-corrected chi connectivity index (χ0v) is 7.01. The molecule has 0 aliphatic heterocycles. The molecule has 11 heavy (non-hydrogen) atoms. The van der Waals surface area contributed by atoms with Crippen LogP contribution in [0.5, 0.6) is 0 Å². The van der Waals surface area contributed by atoms with Gasteiger partial charge in [0.15, 0.2) is 0 Å². The van der Waals surface area contributed by atoms with Crippen molar-refractivity contribution in [3.05, 3.63) is 29.8 Å². The zero-order chi connectivity index (χ0) is 8.10. The van der Waals surface area contributed by atoms with Gasteiger partial charge >= 0.3 is 0 Å². The Labute approximate surface area is 69.9 Å². The highest BCUT2D eigenvalue weighted by atomic mass is 32.2. The molecule has 2 nitrogen and oxygen atoms in total. The van der Waals surface area contributed by atoms with Gasteiger partial charge in [0, 0.05) is 4.90 Å². The summed E-state index contributed by atoms with van der Waals surface area (Å²) in [4.78, 5) is 1.21. The fraction of sp³-hybridized carbons (Fsp3) is 0.125. The van der Waals surface area contributed by atoms with Gasteiger partial charge in [0.25, 0.3) is 0 Å². The molecule has 0 radical (unpaired) electrons. The predicted octanol–water partition coefficient (Wildman–Crippen LogP) is 2.22. The van der Waals surface area contributed by atoms with Crippen molar-refractivity contribution >= 4 is 18.0 Å². The van der Waals surface area contributed by atoms with E-state index < -0.39 is 0 Å². The maximum atomic E-state index is 8.21. The molecule has 0 heterocycles. The summed E-state index contributed by atoms with van der Waals surface area (Å²) >= 11 is 1.69. The number of hydrogen-bond donors (Lipinski definition) is 1. The highest BCUT2D eigenvalue weighted by Crippen LogP contribution is 2.13. The van der Waals surface area contributed by atoms with E-state index in [9.17, 15) is 0 Å². The van der Waals surface area contributed by atoms with Crippen molar-refractivity contribution in [2.45, 2.75) is 4.90 Å². The van der Waals surface area contributed by atoms with Gasteiger partial charge in [-0.1, -0.05) is 17.3 Å². The number of rotatable bonds is 2. The van der Waals surface area contributed by atoms with Crippen LogP contribution >= 0.6 is 11.8 Å². The maximum Gasteiger partial charge on any atom is 0.0733 e. The Morgan fingerprint density at radius 3 is 2.45 bits per heavy atom. The lowest BCUT2D eigenvalue weighted by Gasteiger charge is -1.94. The SMILES string of the molecule is CSc1ccc(C=NO)cc1. The molecule has 0 saturated heterocycles. The molecule has 0 bridgehead atoms. The Morgan fingerprint density at radius 2 is 2.00 bits per heavy atom. The number of oxime groups is 1. The molecule has 0 saturated carbocycles. The van der Waals surface area contributed by atoms with Crippen molar-refractivity contribution in [3.63, 3.8) is 0 Å². The molecule has 58 valence electrons. The van der Waals surface area contributed by atoms with Crippen LogP contribution in [0.15, 0.2) is 34.3 Å². The molecule has 0 aliphatic rings. The number of nitrogens with zero attached hydrogens (tertiary/aromatic N) is 1. The van der Waals surface area contributed by atoms with Crippen molar-refractivity contribution in [2.24, 2.45) is 5.16 Å². The van der Waals surface area contributed by atoms with Gasteiger partial charge < -0.3 is 5.21 Å². The molecular formula is C8H9NOS. The first-order chi connectivity index (χ1) is 5.36. The van der Waals surface area contributed by atoms with Crippen LogP contribution in [0.4, 0.5) is 0 Å². The summed E-state index contributed by atoms with van der Waals surface area (Å²) in [6, 6.07) is 7.79. The topological polar surface area (TPSA) is 32.6 Å². The van der Waals surface area contributed by atoms with Gasteiger partial charge in [0.05, 0.1) is 6.21 Å². The summed E-state index contributed by atoms with van der Waals surface area (Å²) in [5.41, 5.74) is 0.908. The van der Waals surface area contributed by atoms with Gasteiger partial charge in [-0.25, -0.2) is 0 Å². The van der Waals surface area contributed by atoms with Crippen LogP contribution in [-0.2, 0) is 0 Å². The highest BCUT2D eigenvalue weighted by molar-refractivity contribution is 7.98. The van der Waals surface area contributed by atoms with E-state index in [0.29, 0.717) is 0 Å². The molecule has 0 amide bonds. The van der Waals surface area contributed by atoms with Gasteiger partial charge in [0.1, 0.15) is 0 Å². The van der Waals surface area contributed by atoms with Gasteiger partial charge in [0.2, 0.25) is 0 Å². The van der Waals surface area contributed by atoms with Crippen molar-refractivity contribution in [2.75, 3.05) is 6.26 Å². The standard InChI is InChI=1S/C8H9NOS/c1-11-8-4-2-7(3-5-8)6-9-10/h2-6,10H,1H3. The molecule has 1 aromatic carbocycles. The zero-order valence-electron chi connectivity index (χ0n) is 6.19. The Morgan fingerprint density at radius 1 is 1.36 bits per heavy atom. The third-order valence-corrected chi connectivity index (χ3v) is 2.07. The minimum atomic E-state index is 0.908. The molecule has 1 N–H and O–H groups in total. The molecule has 0 aliphatic carbocycles. The predicted molar refractivity (Wildman–Crippen MR) is 47.6 cm³/mol. The second-order valence-electron chi connectivity index (χ2n) is 2.02. The van der Waals surface area contributed by atoms with E-state index in [1.807, 2.05) is 30.5 Å². The summed E-state index contributed by atoms with van der Waals surface area (Å²) < 4.78 is 0. The van der Waals surface area contributed by atoms with E-state index >= 15 is 0 Å². The largest absolute Gasteiger partial charge is 0.411 e. The summed E-state index contributed by atoms with van der Waals surface area (Å²) in [6.07, 6.45) is 3.43. The van der Waals surface area contributed by atoms with Gasteiger partial charge in [-0.05, 0) is 24.0 Å². The Kier molecular flexibility index (Phi) is 2.98. The van der Waals surface area contributed by atoms with Gasteiger partial charge in [-0.15, -0.1) is 11.8 Å². The highest BCUT2D eigenvalue weighted by Gasteiger charge is 1.88. The molecule has 0 aromatic heterocycles. The molecule has 0 spiro atoms. The molecular weight excluding hydrogens is 158 g/mol. The average molecular weight is 167 g/mol. The second kappa shape index (κ2) is 4.03. The van der Waals surface area contributed by atoms with Crippen molar-refractivity contribution in [3.8, 4) is 0 Å². The van der Waals surface area contributed by atoms with Crippen LogP contribution in [0.1, 0.15) is 5.56 Å². The Bertz CT molecular complexity index is 243. The number of thioether (sulfide) groups is 1. The van der Waals surface area contributed by atoms with E-state index in [0.717, 1.165) is 5.56 Å². The van der Waals surface area contributed by atoms with E-state index in [-0.39, 0.29) is 0 Å². The number of benzene rings is 1. The van der Waals surface area contributed by atoms with Crippen molar-refractivity contribution in [1.29, 1.82) is 0 Å². The van der Waals surface area contributed by atoms with Crippen LogP contribution in [0, 0.1) is 0 Å². The average Bonchev–Trinajstić information content (AvgIpc) is 2.07. The molecule has 0 unspecified atom stereocenters. The summed E-state index contributed by atoms with van der Waals surface area (Å²) in [6.45, 7) is 0. The lowest BCUT2D eigenvalue weighted by Crippen LogP contribution is -1.79. The van der Waals surface area contributed by atoms with Crippen LogP contribution in [-0.4, -0.2) is 17.7 Å². The summed E-state index contributed by atoms with van der Waals surface area (Å²) in [5, 5.41) is 11.1. The van der Waals surface area contributed by atoms with Crippen LogP contribution in [0.25, 0.3) is 0 Å². The van der Waals surface area contributed by atoms with E-state index in [1.165, 1.54) is 11.1 Å². The maximum absolute atomic E-state index is 8.21. The van der Waals surface area contributed by atoms with Crippen LogP contribution in [0.3, 0.4) is 0 Å². The second-order valence-corrected chi connectivity index (χ2v) is 2.90. The number of hydrogen-bond acceptors (Lipinski definition) is 3. The first-order valence-electron chi connectivity index (χ1n) is 3.18. The Hall–Kier alpha value is -0.960. The fourth-order valence-corrected chi connectivity index (χ4v) is 1.16. The third kappa shape index (κ3) is 2.27. The van der Waals surface area contributed by atoms with Gasteiger partial charge in [-0.2, -0.15) is 0 Å². The van der Waals surface area contributed by atoms with E-state index in [2.05, 4.69) is 5.16 Å². The summed E-state index contributed by atoms with van der Waals surface area (Å²) in [7, 11) is 0. The monoisotopic (exact) mass is 167 g/mol. The first kappa shape index (κ1) is 8.14. The Balaban J connectivity index is 2.82. The third-order valence-electron chi connectivity index (χ3n) is 1.32. The van der Waals surface area contributed by atoms with E-state index in [4.69, 9.17) is 5.21 Å². The van der Waals surface area contributed by atoms with Crippen molar-refractivity contribution < 1.29 is 5.21 Å². The molecule has 0 fully saturated rings. The lowest BCUT2D eigenvalue weighted by atomic mass is 10.2. The van der Waals surface area contributed by atoms with Gasteiger partial charge in [-0.3, -0.25) is 0 Å². The van der Waals surface area contributed by atoms with Crippen LogP contribution in [0.2, 0.25) is 0 Å². The smallest absolute Gasteiger partial charge is 0.0733 e. The lowest BCUT2D eigenvalue weighted by molar-refractivity contribution is 0.322. The normalized spacial score (nSPS) is 10.6. The quantitative estimate of drug-likeness (QED) is 0.317. The molecule has 0 atom stereocenters. The van der Waals surface area contributed by atoms with Crippen LogP contribution < -0.4 is 0 Å².